The molecule has 0 spiro atoms. The van der Waals surface area contributed by atoms with Gasteiger partial charge in [0.1, 0.15) is 5.82 Å². The Labute approximate surface area is 197 Å². The summed E-state index contributed by atoms with van der Waals surface area (Å²) >= 11 is 0. The summed E-state index contributed by atoms with van der Waals surface area (Å²) in [5.74, 6) is -3.37. The van der Waals surface area contributed by atoms with Crippen molar-refractivity contribution in [2.75, 3.05) is 17.6 Å². The summed E-state index contributed by atoms with van der Waals surface area (Å²) in [5, 5.41) is 28.9. The molecule has 180 valence electrons. The number of carboxylic acids is 1. The molecule has 11 heteroatoms. The van der Waals surface area contributed by atoms with Gasteiger partial charge >= 0.3 is 5.97 Å². The number of hydrogen-bond acceptors (Lipinski definition) is 7. The van der Waals surface area contributed by atoms with Crippen molar-refractivity contribution in [1.82, 2.24) is 9.97 Å². The van der Waals surface area contributed by atoms with Gasteiger partial charge in [-0.25, -0.2) is 27.1 Å². The molecule has 2 atom stereocenters. The monoisotopic (exact) mass is 486 g/mol. The van der Waals surface area contributed by atoms with E-state index in [9.17, 15) is 27.8 Å². The van der Waals surface area contributed by atoms with Crippen LogP contribution in [0.4, 0.5) is 10.3 Å². The van der Waals surface area contributed by atoms with Gasteiger partial charge in [-0.2, -0.15) is 0 Å². The SMILES string of the molecule is [2H]c1c([2H])c(-c2n[13c](N(C)S(C)(=O)=O)nc(C(C)C)c2/C=C/[C@@H](O)C[C@@H](O)CC(=O)O)c([2H])c([2H])c1F. The Hall–Kier alpha value is -2.89. The number of carboxylic acid groups (broad SMARTS) is 1. The van der Waals surface area contributed by atoms with E-state index in [4.69, 9.17) is 10.6 Å². The van der Waals surface area contributed by atoms with Gasteiger partial charge in [-0.05, 0) is 30.1 Å². The van der Waals surface area contributed by atoms with E-state index in [0.29, 0.717) is 0 Å². The molecule has 0 saturated carbocycles. The highest BCUT2D eigenvalue weighted by atomic mass is 32.2. The van der Waals surface area contributed by atoms with Crippen molar-refractivity contribution in [3.8, 4) is 11.3 Å². The van der Waals surface area contributed by atoms with Gasteiger partial charge in [-0.1, -0.05) is 26.0 Å². The number of aliphatic hydroxyl groups is 2. The van der Waals surface area contributed by atoms with E-state index in [0.717, 1.165) is 10.6 Å². The fourth-order valence-corrected chi connectivity index (χ4v) is 3.20. The molecule has 0 unspecified atom stereocenters. The number of nitrogens with zero attached hydrogens (tertiary/aromatic N) is 3. The summed E-state index contributed by atoms with van der Waals surface area (Å²) in [4.78, 5) is 19.3. The lowest BCUT2D eigenvalue weighted by Crippen LogP contribution is -2.27. The fraction of sp³-hybridized carbons (Fsp3) is 0.409. The lowest BCUT2D eigenvalue weighted by atomic mass is 9.97. The minimum Gasteiger partial charge on any atom is -0.481 e. The van der Waals surface area contributed by atoms with Crippen LogP contribution in [0.25, 0.3) is 17.3 Å². The van der Waals surface area contributed by atoms with Gasteiger partial charge in [0.15, 0.2) is 0 Å². The van der Waals surface area contributed by atoms with Gasteiger partial charge in [0.2, 0.25) is 16.0 Å². The molecular formula is C22H28FN3O6S. The molecule has 0 bridgehead atoms. The lowest BCUT2D eigenvalue weighted by molar-refractivity contribution is -0.139. The first-order chi connectivity index (χ1) is 17.0. The van der Waals surface area contributed by atoms with Crippen molar-refractivity contribution in [2.45, 2.75) is 44.8 Å². The Bertz CT molecular complexity index is 1310. The van der Waals surface area contributed by atoms with E-state index in [-0.39, 0.29) is 29.3 Å². The number of aliphatic carboxylic acids is 1. The van der Waals surface area contributed by atoms with Crippen molar-refractivity contribution >= 4 is 28.0 Å². The normalized spacial score (nSPS) is 15.6. The largest absolute Gasteiger partial charge is 0.481 e. The van der Waals surface area contributed by atoms with Crippen LogP contribution >= 0.6 is 0 Å². The molecule has 3 N–H and O–H groups in total. The molecular weight excluding hydrogens is 454 g/mol. The predicted molar refractivity (Wildman–Crippen MR) is 123 cm³/mol. The minimum absolute atomic E-state index is 0.0971. The highest BCUT2D eigenvalue weighted by molar-refractivity contribution is 7.92. The number of carbonyl (C=O) groups is 1. The number of rotatable bonds is 10. The predicted octanol–water partition coefficient (Wildman–Crippen LogP) is 2.40. The topological polar surface area (TPSA) is 141 Å². The molecule has 0 amide bonds. The maximum absolute atomic E-state index is 14.2. The lowest BCUT2D eigenvalue weighted by Gasteiger charge is -2.20. The van der Waals surface area contributed by atoms with E-state index in [1.165, 1.54) is 19.2 Å². The standard InChI is InChI=1S/C22H28FN3O6S/c1-13(2)20-18(10-9-16(27)11-17(28)12-19(29)30)21(14-5-7-15(23)8-6-14)25-22(24-20)26(3)33(4,31)32/h5-10,13,16-17,27-28H,11-12H2,1-4H3,(H,29,30)/b10-9+/t16-,17-/m1/s1/i5D,6D,7D,8D,22+1. The molecule has 0 aliphatic carbocycles. The minimum atomic E-state index is -3.86. The van der Waals surface area contributed by atoms with Crippen LogP contribution in [0.15, 0.2) is 30.2 Å². The first kappa shape index (κ1) is 20.7. The second-order valence-electron chi connectivity index (χ2n) is 7.66. The van der Waals surface area contributed by atoms with Crippen LogP contribution in [-0.2, 0) is 14.8 Å². The molecule has 33 heavy (non-hydrogen) atoms. The molecule has 0 radical (unpaired) electrons. The molecule has 1 heterocycles. The molecule has 2 aromatic rings. The molecule has 0 aliphatic heterocycles. The van der Waals surface area contributed by atoms with Gasteiger partial charge in [0, 0.05) is 24.6 Å². The summed E-state index contributed by atoms with van der Waals surface area (Å²) in [6, 6.07) is -3.42. The van der Waals surface area contributed by atoms with Gasteiger partial charge < -0.3 is 15.3 Å². The summed E-state index contributed by atoms with van der Waals surface area (Å²) < 4.78 is 71.6. The Kier molecular flexibility index (Phi) is 6.79. The first-order valence-corrected chi connectivity index (χ1v) is 11.7. The number of aliphatic hydroxyl groups excluding tert-OH is 2. The van der Waals surface area contributed by atoms with E-state index in [2.05, 4.69) is 9.97 Å². The number of aromatic nitrogens is 2. The highest BCUT2D eigenvalue weighted by Gasteiger charge is 2.22. The Morgan fingerprint density at radius 3 is 2.36 bits per heavy atom. The van der Waals surface area contributed by atoms with Crippen molar-refractivity contribution in [1.29, 1.82) is 0 Å². The number of anilines is 1. The van der Waals surface area contributed by atoms with Crippen molar-refractivity contribution in [3.63, 3.8) is 0 Å². The number of benzene rings is 1. The zero-order valence-electron chi connectivity index (χ0n) is 22.5. The average Bonchev–Trinajstić information content (AvgIpc) is 2.78. The van der Waals surface area contributed by atoms with Crippen molar-refractivity contribution < 1.29 is 38.4 Å². The van der Waals surface area contributed by atoms with Gasteiger partial charge in [0.05, 0.1) is 41.8 Å². The van der Waals surface area contributed by atoms with Crippen LogP contribution in [-0.4, -0.2) is 65.2 Å². The first-order valence-electron chi connectivity index (χ1n) is 11.8. The molecule has 1 aromatic heterocycles. The Morgan fingerprint density at radius 2 is 1.85 bits per heavy atom. The average molecular weight is 487 g/mol. The van der Waals surface area contributed by atoms with Gasteiger partial charge in [0.25, 0.3) is 0 Å². The summed E-state index contributed by atoms with van der Waals surface area (Å²) in [5.41, 5.74) is -0.342. The highest BCUT2D eigenvalue weighted by Crippen LogP contribution is 2.31. The van der Waals surface area contributed by atoms with Crippen molar-refractivity contribution in [3.05, 3.63) is 47.3 Å². The third kappa shape index (κ3) is 7.31. The van der Waals surface area contributed by atoms with E-state index in [1.54, 1.807) is 13.8 Å². The second-order valence-corrected chi connectivity index (χ2v) is 9.67. The number of hydrogen-bond donors (Lipinski definition) is 3. The molecule has 0 fully saturated rings. The van der Waals surface area contributed by atoms with E-state index >= 15 is 0 Å². The Morgan fingerprint density at radius 1 is 1.24 bits per heavy atom. The zero-order valence-corrected chi connectivity index (χ0v) is 19.3. The number of sulfonamides is 1. The van der Waals surface area contributed by atoms with Crippen LogP contribution in [0.2, 0.25) is 0 Å². The molecule has 0 aliphatic rings. The van der Waals surface area contributed by atoms with E-state index < -0.39 is 76.1 Å². The summed E-state index contributed by atoms with van der Waals surface area (Å²) in [7, 11) is -2.67. The summed E-state index contributed by atoms with van der Waals surface area (Å²) in [6.07, 6.45) is -0.216. The third-order valence-electron chi connectivity index (χ3n) is 4.53. The molecule has 2 rings (SSSR count). The zero-order chi connectivity index (χ0) is 28.4. The van der Waals surface area contributed by atoms with Crippen molar-refractivity contribution in [2.24, 2.45) is 0 Å². The smallest absolute Gasteiger partial charge is 0.305 e. The van der Waals surface area contributed by atoms with Crippen LogP contribution in [0, 0.1) is 5.82 Å². The molecule has 9 nitrogen and oxygen atoms in total. The Balaban J connectivity index is 2.87. The van der Waals surface area contributed by atoms with Gasteiger partial charge in [-0.15, -0.1) is 0 Å². The maximum Gasteiger partial charge on any atom is 0.305 e. The van der Waals surface area contributed by atoms with Gasteiger partial charge in [-0.3, -0.25) is 4.79 Å². The van der Waals surface area contributed by atoms with Crippen LogP contribution in [0.1, 0.15) is 49.3 Å². The maximum atomic E-state index is 14.2. The quantitative estimate of drug-likeness (QED) is 0.465. The van der Waals surface area contributed by atoms with E-state index in [1.807, 2.05) is 0 Å². The molecule has 0 saturated heterocycles. The van der Waals surface area contributed by atoms with Crippen LogP contribution in [0.5, 0.6) is 0 Å². The third-order valence-corrected chi connectivity index (χ3v) is 5.69. The fourth-order valence-electron chi connectivity index (χ4n) is 2.82. The number of halogens is 1. The summed E-state index contributed by atoms with van der Waals surface area (Å²) in [6.45, 7) is 3.42. The second kappa shape index (κ2) is 10.8. The van der Waals surface area contributed by atoms with Crippen LogP contribution < -0.4 is 4.31 Å². The van der Waals surface area contributed by atoms with Crippen LogP contribution in [0.3, 0.4) is 0 Å². The molecule has 1 aromatic carbocycles.